The molecule has 0 aromatic rings. The molecule has 0 heterocycles. The lowest BCUT2D eigenvalue weighted by molar-refractivity contribution is -0.121. The summed E-state index contributed by atoms with van der Waals surface area (Å²) in [6.07, 6.45) is 3.09. The molecular formula is C14H28N2O. The summed E-state index contributed by atoms with van der Waals surface area (Å²) in [6, 6.07) is 0.823. The van der Waals surface area contributed by atoms with Gasteiger partial charge >= 0.3 is 0 Å². The highest BCUT2D eigenvalue weighted by molar-refractivity contribution is 5.76. The Morgan fingerprint density at radius 2 is 2.00 bits per heavy atom. The lowest BCUT2D eigenvalue weighted by atomic mass is 9.91. The summed E-state index contributed by atoms with van der Waals surface area (Å²) in [6.45, 7) is 11.7. The number of nitrogens with one attached hydrogen (secondary N) is 2. The van der Waals surface area contributed by atoms with Crippen molar-refractivity contribution < 1.29 is 4.79 Å². The highest BCUT2D eigenvalue weighted by atomic mass is 16.1. The van der Waals surface area contributed by atoms with Crippen LogP contribution in [0.5, 0.6) is 0 Å². The summed E-state index contributed by atoms with van der Waals surface area (Å²) < 4.78 is 0. The molecule has 1 aliphatic rings. The van der Waals surface area contributed by atoms with E-state index in [2.05, 4.69) is 31.4 Å². The SMILES string of the molecule is CC(C)NC(=O)CCNC1CC(C)(C)CC1C. The Bertz CT molecular complexity index is 261. The lowest BCUT2D eigenvalue weighted by Crippen LogP contribution is -2.36. The summed E-state index contributed by atoms with van der Waals surface area (Å²) in [5.41, 5.74) is 0.456. The molecule has 1 aliphatic carbocycles. The van der Waals surface area contributed by atoms with Crippen molar-refractivity contribution in [2.24, 2.45) is 11.3 Å². The van der Waals surface area contributed by atoms with E-state index in [-0.39, 0.29) is 11.9 Å². The highest BCUT2D eigenvalue weighted by Crippen LogP contribution is 2.40. The molecule has 0 bridgehead atoms. The predicted octanol–water partition coefficient (Wildman–Crippen LogP) is 2.32. The average molecular weight is 240 g/mol. The normalized spacial score (nSPS) is 27.4. The summed E-state index contributed by atoms with van der Waals surface area (Å²) >= 11 is 0. The Labute approximate surface area is 106 Å². The molecule has 3 heteroatoms. The first-order valence-corrected chi connectivity index (χ1v) is 6.83. The zero-order valence-electron chi connectivity index (χ0n) is 12.0. The van der Waals surface area contributed by atoms with Gasteiger partial charge in [0, 0.05) is 25.0 Å². The van der Waals surface area contributed by atoms with Crippen LogP contribution in [0.2, 0.25) is 0 Å². The number of rotatable bonds is 5. The van der Waals surface area contributed by atoms with E-state index in [1.54, 1.807) is 0 Å². The fourth-order valence-electron chi connectivity index (χ4n) is 2.93. The van der Waals surface area contributed by atoms with Crippen molar-refractivity contribution in [3.8, 4) is 0 Å². The first-order valence-electron chi connectivity index (χ1n) is 6.83. The molecule has 3 nitrogen and oxygen atoms in total. The van der Waals surface area contributed by atoms with Crippen LogP contribution in [0.4, 0.5) is 0 Å². The molecule has 0 saturated heterocycles. The van der Waals surface area contributed by atoms with E-state index in [4.69, 9.17) is 0 Å². The van der Waals surface area contributed by atoms with Crippen molar-refractivity contribution >= 4 is 5.91 Å². The van der Waals surface area contributed by atoms with Gasteiger partial charge in [-0.1, -0.05) is 20.8 Å². The van der Waals surface area contributed by atoms with Gasteiger partial charge < -0.3 is 10.6 Å². The first kappa shape index (κ1) is 14.5. The van der Waals surface area contributed by atoms with Gasteiger partial charge in [-0.05, 0) is 38.0 Å². The molecular weight excluding hydrogens is 212 g/mol. The maximum atomic E-state index is 11.5. The predicted molar refractivity (Wildman–Crippen MR) is 71.9 cm³/mol. The zero-order valence-corrected chi connectivity index (χ0v) is 12.0. The smallest absolute Gasteiger partial charge is 0.221 e. The molecule has 1 amide bonds. The number of carbonyl (C=O) groups excluding carboxylic acids is 1. The number of hydrogen-bond acceptors (Lipinski definition) is 2. The molecule has 0 aromatic carbocycles. The Hall–Kier alpha value is -0.570. The second-order valence-electron chi connectivity index (χ2n) is 6.58. The highest BCUT2D eigenvalue weighted by Gasteiger charge is 2.36. The molecule has 0 spiro atoms. The molecule has 2 N–H and O–H groups in total. The van der Waals surface area contributed by atoms with Crippen LogP contribution in [0.25, 0.3) is 0 Å². The largest absolute Gasteiger partial charge is 0.354 e. The Kier molecular flexibility index (Phi) is 4.99. The summed E-state index contributed by atoms with van der Waals surface area (Å²) in [4.78, 5) is 11.5. The number of carbonyl (C=O) groups is 1. The molecule has 2 unspecified atom stereocenters. The Balaban J connectivity index is 2.21. The van der Waals surface area contributed by atoms with Gasteiger partial charge in [0.05, 0.1) is 0 Å². The van der Waals surface area contributed by atoms with Crippen molar-refractivity contribution in [3.63, 3.8) is 0 Å². The van der Waals surface area contributed by atoms with Crippen LogP contribution in [-0.4, -0.2) is 24.5 Å². The van der Waals surface area contributed by atoms with Gasteiger partial charge in [-0.3, -0.25) is 4.79 Å². The van der Waals surface area contributed by atoms with Crippen LogP contribution in [0.1, 0.15) is 53.9 Å². The minimum atomic E-state index is 0.150. The van der Waals surface area contributed by atoms with Crippen molar-refractivity contribution in [2.45, 2.75) is 66.0 Å². The van der Waals surface area contributed by atoms with Gasteiger partial charge in [-0.15, -0.1) is 0 Å². The molecule has 17 heavy (non-hydrogen) atoms. The maximum absolute atomic E-state index is 11.5. The Morgan fingerprint density at radius 3 is 2.47 bits per heavy atom. The molecule has 0 aromatic heterocycles. The van der Waals surface area contributed by atoms with Crippen molar-refractivity contribution in [2.75, 3.05) is 6.54 Å². The van der Waals surface area contributed by atoms with Crippen LogP contribution < -0.4 is 10.6 Å². The van der Waals surface area contributed by atoms with E-state index in [9.17, 15) is 4.79 Å². The zero-order chi connectivity index (χ0) is 13.1. The van der Waals surface area contributed by atoms with Crippen LogP contribution >= 0.6 is 0 Å². The maximum Gasteiger partial charge on any atom is 0.221 e. The average Bonchev–Trinajstić information content (AvgIpc) is 2.38. The van der Waals surface area contributed by atoms with E-state index < -0.39 is 0 Å². The minimum absolute atomic E-state index is 0.150. The molecule has 1 fully saturated rings. The molecule has 0 radical (unpaired) electrons. The van der Waals surface area contributed by atoms with E-state index in [0.717, 1.165) is 12.5 Å². The van der Waals surface area contributed by atoms with E-state index in [0.29, 0.717) is 17.9 Å². The van der Waals surface area contributed by atoms with Crippen LogP contribution in [0.15, 0.2) is 0 Å². The number of hydrogen-bond donors (Lipinski definition) is 2. The monoisotopic (exact) mass is 240 g/mol. The van der Waals surface area contributed by atoms with E-state index in [1.165, 1.54) is 12.8 Å². The van der Waals surface area contributed by atoms with Crippen molar-refractivity contribution in [1.29, 1.82) is 0 Å². The van der Waals surface area contributed by atoms with Gasteiger partial charge in [0.15, 0.2) is 0 Å². The quantitative estimate of drug-likeness (QED) is 0.774. The molecule has 100 valence electrons. The lowest BCUT2D eigenvalue weighted by Gasteiger charge is -2.18. The third-order valence-electron chi connectivity index (χ3n) is 3.54. The van der Waals surface area contributed by atoms with E-state index in [1.807, 2.05) is 13.8 Å². The van der Waals surface area contributed by atoms with Crippen LogP contribution in [0.3, 0.4) is 0 Å². The van der Waals surface area contributed by atoms with Gasteiger partial charge in [-0.2, -0.15) is 0 Å². The molecule has 2 atom stereocenters. The van der Waals surface area contributed by atoms with Gasteiger partial charge in [0.25, 0.3) is 0 Å². The molecule has 0 aliphatic heterocycles. The standard InChI is InChI=1S/C14H28N2O/c1-10(2)16-13(17)6-7-15-12-9-14(4,5)8-11(12)3/h10-12,15H,6-9H2,1-5H3,(H,16,17). The topological polar surface area (TPSA) is 41.1 Å². The third kappa shape index (κ3) is 5.07. The summed E-state index contributed by atoms with van der Waals surface area (Å²) in [5.74, 6) is 0.871. The van der Waals surface area contributed by atoms with E-state index >= 15 is 0 Å². The number of amides is 1. The third-order valence-corrected chi connectivity index (χ3v) is 3.54. The first-order chi connectivity index (χ1) is 7.80. The summed E-state index contributed by atoms with van der Waals surface area (Å²) in [5, 5.41) is 6.45. The molecule has 1 saturated carbocycles. The van der Waals surface area contributed by atoms with Gasteiger partial charge in [-0.25, -0.2) is 0 Å². The van der Waals surface area contributed by atoms with Crippen molar-refractivity contribution in [3.05, 3.63) is 0 Å². The fourth-order valence-corrected chi connectivity index (χ4v) is 2.93. The van der Waals surface area contributed by atoms with Gasteiger partial charge in [0.1, 0.15) is 0 Å². The fraction of sp³-hybridized carbons (Fsp3) is 0.929. The van der Waals surface area contributed by atoms with Crippen molar-refractivity contribution in [1.82, 2.24) is 10.6 Å². The molecule has 1 rings (SSSR count). The minimum Gasteiger partial charge on any atom is -0.354 e. The van der Waals surface area contributed by atoms with Crippen LogP contribution in [0, 0.1) is 11.3 Å². The second-order valence-corrected chi connectivity index (χ2v) is 6.58. The van der Waals surface area contributed by atoms with Crippen LogP contribution in [-0.2, 0) is 4.79 Å². The Morgan fingerprint density at radius 1 is 1.35 bits per heavy atom. The summed E-state index contributed by atoms with van der Waals surface area (Å²) in [7, 11) is 0. The van der Waals surface area contributed by atoms with Gasteiger partial charge in [0.2, 0.25) is 5.91 Å². The second kappa shape index (κ2) is 5.85.